The van der Waals surface area contributed by atoms with E-state index in [-0.39, 0.29) is 23.9 Å². The van der Waals surface area contributed by atoms with Gasteiger partial charge in [-0.2, -0.15) is 0 Å². The van der Waals surface area contributed by atoms with E-state index in [0.29, 0.717) is 16.9 Å². The van der Waals surface area contributed by atoms with Gasteiger partial charge in [0.1, 0.15) is 0 Å². The van der Waals surface area contributed by atoms with Gasteiger partial charge in [0.15, 0.2) is 0 Å². The SMILES string of the molecule is CCC(C)C(NC(=O)NC)c1ccc(C(=O)Nc2ccccc2N)cc1. The first kappa shape index (κ1) is 19.3. The first-order valence-corrected chi connectivity index (χ1v) is 8.70. The summed E-state index contributed by atoms with van der Waals surface area (Å²) in [6, 6.07) is 14.0. The van der Waals surface area contributed by atoms with Crippen LogP contribution in [0, 0.1) is 5.92 Å². The highest BCUT2D eigenvalue weighted by Gasteiger charge is 2.20. The lowest BCUT2D eigenvalue weighted by molar-refractivity contribution is 0.102. The summed E-state index contributed by atoms with van der Waals surface area (Å²) in [6.07, 6.45) is 0.921. The van der Waals surface area contributed by atoms with Crippen molar-refractivity contribution in [1.29, 1.82) is 0 Å². The Kier molecular flexibility index (Phi) is 6.60. The second kappa shape index (κ2) is 8.89. The molecule has 0 saturated carbocycles. The van der Waals surface area contributed by atoms with Gasteiger partial charge < -0.3 is 21.7 Å². The van der Waals surface area contributed by atoms with Crippen molar-refractivity contribution in [2.45, 2.75) is 26.3 Å². The number of hydrogen-bond acceptors (Lipinski definition) is 3. The molecule has 2 aromatic carbocycles. The number of carbonyl (C=O) groups is 2. The summed E-state index contributed by atoms with van der Waals surface area (Å²) >= 11 is 0. The Balaban J connectivity index is 2.16. The number of nitrogens with two attached hydrogens (primary N) is 1. The van der Waals surface area contributed by atoms with Gasteiger partial charge in [0.25, 0.3) is 5.91 Å². The van der Waals surface area contributed by atoms with E-state index in [0.717, 1.165) is 12.0 Å². The number of nitrogens with one attached hydrogen (secondary N) is 3. The number of urea groups is 1. The standard InChI is InChI=1S/C20H26N4O2/c1-4-13(2)18(24-20(26)22-3)14-9-11-15(12-10-14)19(25)23-17-8-6-5-7-16(17)21/h5-13,18H,4,21H2,1-3H3,(H,23,25)(H2,22,24,26). The van der Waals surface area contributed by atoms with Crippen molar-refractivity contribution in [2.24, 2.45) is 5.92 Å². The van der Waals surface area contributed by atoms with E-state index >= 15 is 0 Å². The van der Waals surface area contributed by atoms with Crippen molar-refractivity contribution in [2.75, 3.05) is 18.1 Å². The van der Waals surface area contributed by atoms with Crippen LogP contribution in [-0.4, -0.2) is 19.0 Å². The molecule has 0 saturated heterocycles. The van der Waals surface area contributed by atoms with Gasteiger partial charge in [-0.05, 0) is 35.7 Å². The molecule has 0 bridgehead atoms. The molecule has 6 heteroatoms. The van der Waals surface area contributed by atoms with Crippen molar-refractivity contribution in [3.63, 3.8) is 0 Å². The van der Waals surface area contributed by atoms with Crippen LogP contribution in [0.2, 0.25) is 0 Å². The molecule has 138 valence electrons. The van der Waals surface area contributed by atoms with Crippen LogP contribution in [0.4, 0.5) is 16.2 Å². The van der Waals surface area contributed by atoms with E-state index < -0.39 is 0 Å². The van der Waals surface area contributed by atoms with Crippen LogP contribution in [0.5, 0.6) is 0 Å². The van der Waals surface area contributed by atoms with Crippen molar-refractivity contribution >= 4 is 23.3 Å². The highest BCUT2D eigenvalue weighted by molar-refractivity contribution is 6.05. The van der Waals surface area contributed by atoms with Gasteiger partial charge in [-0.3, -0.25) is 4.79 Å². The van der Waals surface area contributed by atoms with Gasteiger partial charge in [-0.15, -0.1) is 0 Å². The van der Waals surface area contributed by atoms with E-state index in [9.17, 15) is 9.59 Å². The van der Waals surface area contributed by atoms with Gasteiger partial charge in [0, 0.05) is 12.6 Å². The molecule has 6 nitrogen and oxygen atoms in total. The molecule has 0 aliphatic rings. The minimum Gasteiger partial charge on any atom is -0.397 e. The van der Waals surface area contributed by atoms with Gasteiger partial charge in [0.05, 0.1) is 17.4 Å². The fourth-order valence-corrected chi connectivity index (χ4v) is 2.65. The Morgan fingerprint density at radius 2 is 1.73 bits per heavy atom. The molecule has 0 heterocycles. The van der Waals surface area contributed by atoms with Crippen molar-refractivity contribution in [3.05, 3.63) is 59.7 Å². The molecule has 0 aliphatic carbocycles. The highest BCUT2D eigenvalue weighted by atomic mass is 16.2. The van der Waals surface area contributed by atoms with Gasteiger partial charge in [0.2, 0.25) is 0 Å². The van der Waals surface area contributed by atoms with Crippen LogP contribution in [0.25, 0.3) is 0 Å². The molecule has 2 aromatic rings. The minimum atomic E-state index is -0.228. The third-order valence-corrected chi connectivity index (χ3v) is 4.47. The Morgan fingerprint density at radius 3 is 2.31 bits per heavy atom. The molecule has 0 aliphatic heterocycles. The smallest absolute Gasteiger partial charge is 0.315 e. The zero-order valence-corrected chi connectivity index (χ0v) is 15.4. The lowest BCUT2D eigenvalue weighted by Crippen LogP contribution is -2.38. The Bertz CT molecular complexity index is 759. The van der Waals surface area contributed by atoms with Gasteiger partial charge >= 0.3 is 6.03 Å². The van der Waals surface area contributed by atoms with Crippen LogP contribution in [-0.2, 0) is 0 Å². The van der Waals surface area contributed by atoms with Crippen molar-refractivity contribution in [1.82, 2.24) is 10.6 Å². The minimum absolute atomic E-state index is 0.123. The van der Waals surface area contributed by atoms with Crippen LogP contribution in [0.15, 0.2) is 48.5 Å². The summed E-state index contributed by atoms with van der Waals surface area (Å²) in [5.41, 5.74) is 8.44. The summed E-state index contributed by atoms with van der Waals surface area (Å²) < 4.78 is 0. The zero-order valence-electron chi connectivity index (χ0n) is 15.4. The molecule has 0 aromatic heterocycles. The molecular formula is C20H26N4O2. The van der Waals surface area contributed by atoms with Crippen LogP contribution < -0.4 is 21.7 Å². The predicted molar refractivity (Wildman–Crippen MR) is 105 cm³/mol. The molecule has 0 spiro atoms. The van der Waals surface area contributed by atoms with Gasteiger partial charge in [-0.1, -0.05) is 44.5 Å². The quantitative estimate of drug-likeness (QED) is 0.597. The Labute approximate surface area is 154 Å². The van der Waals surface area contributed by atoms with Gasteiger partial charge in [-0.25, -0.2) is 4.79 Å². The second-order valence-electron chi connectivity index (χ2n) is 6.25. The number of amides is 3. The fourth-order valence-electron chi connectivity index (χ4n) is 2.65. The summed E-state index contributed by atoms with van der Waals surface area (Å²) in [5, 5.41) is 8.35. The van der Waals surface area contributed by atoms with E-state index in [4.69, 9.17) is 5.73 Å². The van der Waals surface area contributed by atoms with Crippen LogP contribution in [0.1, 0.15) is 42.2 Å². The van der Waals surface area contributed by atoms with Crippen LogP contribution >= 0.6 is 0 Å². The molecule has 2 unspecified atom stereocenters. The first-order chi connectivity index (χ1) is 12.5. The number of hydrogen-bond donors (Lipinski definition) is 4. The number of para-hydroxylation sites is 2. The topological polar surface area (TPSA) is 96.2 Å². The lowest BCUT2D eigenvalue weighted by atomic mass is 9.92. The molecule has 3 amide bonds. The second-order valence-corrected chi connectivity index (χ2v) is 6.25. The molecular weight excluding hydrogens is 328 g/mol. The van der Waals surface area contributed by atoms with E-state index in [1.54, 1.807) is 31.3 Å². The summed E-state index contributed by atoms with van der Waals surface area (Å²) in [7, 11) is 1.59. The Hall–Kier alpha value is -3.02. The average Bonchev–Trinajstić information content (AvgIpc) is 2.67. The number of rotatable bonds is 6. The van der Waals surface area contributed by atoms with E-state index in [2.05, 4.69) is 29.8 Å². The molecule has 2 atom stereocenters. The number of nitrogen functional groups attached to an aromatic ring is 1. The van der Waals surface area contributed by atoms with E-state index in [1.165, 1.54) is 0 Å². The highest BCUT2D eigenvalue weighted by Crippen LogP contribution is 2.25. The Morgan fingerprint density at radius 1 is 1.08 bits per heavy atom. The van der Waals surface area contributed by atoms with Crippen LogP contribution in [0.3, 0.4) is 0 Å². The molecule has 2 rings (SSSR count). The third-order valence-electron chi connectivity index (χ3n) is 4.47. The largest absolute Gasteiger partial charge is 0.397 e. The predicted octanol–water partition coefficient (Wildman–Crippen LogP) is 3.54. The van der Waals surface area contributed by atoms with E-state index in [1.807, 2.05) is 24.3 Å². The molecule has 5 N–H and O–H groups in total. The third kappa shape index (κ3) is 4.75. The number of benzene rings is 2. The molecule has 26 heavy (non-hydrogen) atoms. The monoisotopic (exact) mass is 354 g/mol. The molecule has 0 radical (unpaired) electrons. The number of carbonyl (C=O) groups excluding carboxylic acids is 2. The molecule has 0 fully saturated rings. The fraction of sp³-hybridized carbons (Fsp3) is 0.300. The maximum atomic E-state index is 12.4. The summed E-state index contributed by atoms with van der Waals surface area (Å²) in [4.78, 5) is 24.1. The summed E-state index contributed by atoms with van der Waals surface area (Å²) in [6.45, 7) is 4.16. The normalized spacial score (nSPS) is 12.7. The maximum Gasteiger partial charge on any atom is 0.315 e. The van der Waals surface area contributed by atoms with Crippen molar-refractivity contribution in [3.8, 4) is 0 Å². The average molecular weight is 354 g/mol. The lowest BCUT2D eigenvalue weighted by Gasteiger charge is -2.24. The number of anilines is 2. The maximum absolute atomic E-state index is 12.4. The summed E-state index contributed by atoms with van der Waals surface area (Å²) in [5.74, 6) is 0.0323. The zero-order chi connectivity index (χ0) is 19.1. The van der Waals surface area contributed by atoms with Crippen molar-refractivity contribution < 1.29 is 9.59 Å². The first-order valence-electron chi connectivity index (χ1n) is 8.70.